The number of rotatable bonds is 5. The quantitative estimate of drug-likeness (QED) is 0.741. The van der Waals surface area contributed by atoms with Crippen molar-refractivity contribution in [2.24, 2.45) is 0 Å². The summed E-state index contributed by atoms with van der Waals surface area (Å²) in [5.41, 5.74) is 0. The molecule has 1 unspecified atom stereocenters. The largest absolute Gasteiger partial charge is 0.401 e. The molecule has 2 N–H and O–H groups in total. The minimum absolute atomic E-state index is 0.108. The van der Waals surface area contributed by atoms with Gasteiger partial charge in [0.25, 0.3) is 6.43 Å². The van der Waals surface area contributed by atoms with Crippen molar-refractivity contribution in [1.82, 2.24) is 10.2 Å². The lowest BCUT2D eigenvalue weighted by Crippen LogP contribution is -2.47. The van der Waals surface area contributed by atoms with Crippen LogP contribution in [-0.4, -0.2) is 60.9 Å². The van der Waals surface area contributed by atoms with Crippen LogP contribution in [0.15, 0.2) is 0 Å². The molecule has 1 rings (SSSR count). The first-order valence-corrected chi connectivity index (χ1v) is 5.76. The molecule has 0 aromatic rings. The Kier molecular flexibility index (Phi) is 5.74. The first-order valence-electron chi connectivity index (χ1n) is 5.76. The van der Waals surface area contributed by atoms with Crippen LogP contribution in [0.5, 0.6) is 0 Å². The summed E-state index contributed by atoms with van der Waals surface area (Å²) in [6.07, 6.45) is -7.80. The van der Waals surface area contributed by atoms with Gasteiger partial charge in [0.2, 0.25) is 0 Å². The summed E-state index contributed by atoms with van der Waals surface area (Å²) in [6, 6.07) is -0.108. The van der Waals surface area contributed by atoms with Gasteiger partial charge in [-0.1, -0.05) is 0 Å². The SMILES string of the molecule is OC(CNC1CCN(CC(F)(F)F)CC1)C(F)F. The van der Waals surface area contributed by atoms with Crippen molar-refractivity contribution in [3.8, 4) is 0 Å². The minimum atomic E-state index is -4.20. The van der Waals surface area contributed by atoms with Crippen LogP contribution < -0.4 is 5.32 Å². The normalized spacial score (nSPS) is 21.5. The second-order valence-corrected chi connectivity index (χ2v) is 4.48. The van der Waals surface area contributed by atoms with Crippen molar-refractivity contribution in [2.75, 3.05) is 26.2 Å². The molecule has 1 fully saturated rings. The Morgan fingerprint density at radius 3 is 2.22 bits per heavy atom. The third kappa shape index (κ3) is 5.92. The highest BCUT2D eigenvalue weighted by Gasteiger charge is 2.32. The van der Waals surface area contributed by atoms with Crippen molar-refractivity contribution in [2.45, 2.75) is 37.6 Å². The predicted molar refractivity (Wildman–Crippen MR) is 55.5 cm³/mol. The number of alkyl halides is 5. The minimum Gasteiger partial charge on any atom is -0.386 e. The van der Waals surface area contributed by atoms with E-state index < -0.39 is 25.3 Å². The van der Waals surface area contributed by atoms with Gasteiger partial charge in [-0.05, 0) is 25.9 Å². The Labute approximate surface area is 102 Å². The number of hydrogen-bond donors (Lipinski definition) is 2. The van der Waals surface area contributed by atoms with E-state index in [-0.39, 0.29) is 25.7 Å². The van der Waals surface area contributed by atoms with E-state index in [9.17, 15) is 22.0 Å². The van der Waals surface area contributed by atoms with E-state index in [1.165, 1.54) is 4.90 Å². The summed E-state index contributed by atoms with van der Waals surface area (Å²) >= 11 is 0. The summed E-state index contributed by atoms with van der Waals surface area (Å²) in [5.74, 6) is 0. The zero-order valence-electron chi connectivity index (χ0n) is 9.76. The topological polar surface area (TPSA) is 35.5 Å². The molecule has 8 heteroatoms. The molecule has 1 aliphatic heterocycles. The van der Waals surface area contributed by atoms with Crippen LogP contribution in [-0.2, 0) is 0 Å². The molecule has 0 amide bonds. The molecule has 0 bridgehead atoms. The Hall–Kier alpha value is -0.470. The maximum absolute atomic E-state index is 12.1. The van der Waals surface area contributed by atoms with Gasteiger partial charge in [0.1, 0.15) is 6.10 Å². The van der Waals surface area contributed by atoms with Crippen molar-refractivity contribution in [3.05, 3.63) is 0 Å². The van der Waals surface area contributed by atoms with Gasteiger partial charge in [-0.15, -0.1) is 0 Å². The third-order valence-electron chi connectivity index (χ3n) is 2.90. The second-order valence-electron chi connectivity index (χ2n) is 4.48. The van der Waals surface area contributed by atoms with Crippen LogP contribution in [0, 0.1) is 0 Å². The highest BCUT2D eigenvalue weighted by atomic mass is 19.4. The molecule has 1 aliphatic rings. The summed E-state index contributed by atoms with van der Waals surface area (Å²) in [6.45, 7) is -0.606. The monoisotopic (exact) mass is 276 g/mol. The molecule has 0 spiro atoms. The lowest BCUT2D eigenvalue weighted by molar-refractivity contribution is -0.148. The number of nitrogens with one attached hydrogen (secondary N) is 1. The number of halogens is 5. The molecule has 3 nitrogen and oxygen atoms in total. The molecule has 1 atom stereocenters. The van der Waals surface area contributed by atoms with Crippen molar-refractivity contribution in [3.63, 3.8) is 0 Å². The maximum Gasteiger partial charge on any atom is 0.401 e. The van der Waals surface area contributed by atoms with Gasteiger partial charge in [0, 0.05) is 12.6 Å². The maximum atomic E-state index is 12.1. The fourth-order valence-electron chi connectivity index (χ4n) is 1.93. The average molecular weight is 276 g/mol. The van der Waals surface area contributed by atoms with E-state index in [1.54, 1.807) is 0 Å². The molecule has 0 aromatic carbocycles. The van der Waals surface area contributed by atoms with Crippen molar-refractivity contribution in [1.29, 1.82) is 0 Å². The van der Waals surface area contributed by atoms with Crippen molar-refractivity contribution < 1.29 is 27.1 Å². The van der Waals surface area contributed by atoms with E-state index in [4.69, 9.17) is 5.11 Å². The van der Waals surface area contributed by atoms with Crippen LogP contribution in [0.3, 0.4) is 0 Å². The van der Waals surface area contributed by atoms with Gasteiger partial charge < -0.3 is 10.4 Å². The van der Waals surface area contributed by atoms with Crippen LogP contribution in [0.1, 0.15) is 12.8 Å². The number of hydrogen-bond acceptors (Lipinski definition) is 3. The van der Waals surface area contributed by atoms with Crippen LogP contribution in [0.4, 0.5) is 22.0 Å². The van der Waals surface area contributed by atoms with Gasteiger partial charge in [-0.25, -0.2) is 8.78 Å². The van der Waals surface area contributed by atoms with E-state index in [0.29, 0.717) is 12.8 Å². The number of likely N-dealkylation sites (tertiary alicyclic amines) is 1. The summed E-state index contributed by atoms with van der Waals surface area (Å²) in [4.78, 5) is 1.29. The molecule has 0 aliphatic carbocycles. The number of piperidine rings is 1. The second kappa shape index (κ2) is 6.63. The lowest BCUT2D eigenvalue weighted by Gasteiger charge is -2.33. The number of aliphatic hydroxyl groups excluding tert-OH is 1. The lowest BCUT2D eigenvalue weighted by atomic mass is 10.0. The molecule has 18 heavy (non-hydrogen) atoms. The van der Waals surface area contributed by atoms with Gasteiger partial charge in [-0.3, -0.25) is 4.90 Å². The zero-order chi connectivity index (χ0) is 13.8. The molecular formula is C10H17F5N2O. The summed E-state index contributed by atoms with van der Waals surface area (Å²) in [5, 5.41) is 11.6. The van der Waals surface area contributed by atoms with E-state index >= 15 is 0 Å². The first kappa shape index (κ1) is 15.6. The van der Waals surface area contributed by atoms with Crippen molar-refractivity contribution >= 4 is 0 Å². The van der Waals surface area contributed by atoms with E-state index in [2.05, 4.69) is 5.32 Å². The Morgan fingerprint density at radius 2 is 1.78 bits per heavy atom. The van der Waals surface area contributed by atoms with Crippen LogP contribution in [0.25, 0.3) is 0 Å². The Balaban J connectivity index is 2.19. The number of nitrogens with zero attached hydrogens (tertiary/aromatic N) is 1. The van der Waals surface area contributed by atoms with Gasteiger partial charge in [-0.2, -0.15) is 13.2 Å². The molecule has 1 saturated heterocycles. The number of aliphatic hydroxyl groups is 1. The van der Waals surface area contributed by atoms with Crippen LogP contribution in [0.2, 0.25) is 0 Å². The summed E-state index contributed by atoms with van der Waals surface area (Å²) < 4.78 is 60.3. The molecule has 108 valence electrons. The average Bonchev–Trinajstić information content (AvgIpc) is 2.25. The Bertz CT molecular complexity index is 241. The third-order valence-corrected chi connectivity index (χ3v) is 2.90. The molecular weight excluding hydrogens is 259 g/mol. The van der Waals surface area contributed by atoms with E-state index in [1.807, 2.05) is 0 Å². The molecule has 0 aromatic heterocycles. The van der Waals surface area contributed by atoms with Gasteiger partial charge in [0.05, 0.1) is 6.54 Å². The first-order chi connectivity index (χ1) is 8.28. The Morgan fingerprint density at radius 1 is 1.22 bits per heavy atom. The molecule has 1 heterocycles. The summed E-state index contributed by atoms with van der Waals surface area (Å²) in [7, 11) is 0. The zero-order valence-corrected chi connectivity index (χ0v) is 9.76. The predicted octanol–water partition coefficient (Wildman–Crippen LogP) is 1.23. The smallest absolute Gasteiger partial charge is 0.386 e. The molecule has 0 radical (unpaired) electrons. The highest BCUT2D eigenvalue weighted by Crippen LogP contribution is 2.19. The van der Waals surface area contributed by atoms with E-state index in [0.717, 1.165) is 0 Å². The van der Waals surface area contributed by atoms with Crippen LogP contribution >= 0.6 is 0 Å². The molecule has 0 saturated carbocycles. The fourth-order valence-corrected chi connectivity index (χ4v) is 1.93. The highest BCUT2D eigenvalue weighted by molar-refractivity contribution is 4.79. The van der Waals surface area contributed by atoms with Gasteiger partial charge in [0.15, 0.2) is 0 Å². The fraction of sp³-hybridized carbons (Fsp3) is 1.00. The van der Waals surface area contributed by atoms with Gasteiger partial charge >= 0.3 is 6.18 Å². The standard InChI is InChI=1S/C10H17F5N2O/c11-9(12)8(18)5-16-7-1-3-17(4-2-7)6-10(13,14)15/h7-9,16,18H,1-6H2.